The van der Waals surface area contributed by atoms with Gasteiger partial charge < -0.3 is 9.80 Å². The van der Waals surface area contributed by atoms with E-state index in [4.69, 9.17) is 0 Å². The molecule has 6 nitrogen and oxygen atoms in total. The maximum absolute atomic E-state index is 14.0. The first kappa shape index (κ1) is 22.1. The van der Waals surface area contributed by atoms with E-state index in [0.717, 1.165) is 5.56 Å². The molecule has 1 aliphatic rings. The van der Waals surface area contributed by atoms with Gasteiger partial charge in [-0.3, -0.25) is 9.10 Å². The van der Waals surface area contributed by atoms with E-state index in [9.17, 15) is 17.6 Å². The van der Waals surface area contributed by atoms with Gasteiger partial charge in [-0.1, -0.05) is 29.8 Å². The standard InChI is InChI=1S/C22H28FN3O3S/c1-18-9-11-19(12-10-18)26(30(2,28)29)13-5-8-22(27)25-16-14-24(15-17-25)21-7-4-3-6-20(21)23/h3-4,6-7,9-12H,5,8,13-17H2,1-2H3. The molecule has 3 rings (SSSR count). The summed E-state index contributed by atoms with van der Waals surface area (Å²) in [7, 11) is -3.43. The smallest absolute Gasteiger partial charge is 0.232 e. The van der Waals surface area contributed by atoms with Crippen LogP contribution in [0.25, 0.3) is 0 Å². The minimum atomic E-state index is -3.43. The first-order valence-corrected chi connectivity index (χ1v) is 11.9. The van der Waals surface area contributed by atoms with Gasteiger partial charge >= 0.3 is 0 Å². The molecule has 0 N–H and O–H groups in total. The van der Waals surface area contributed by atoms with Gasteiger partial charge in [-0.05, 0) is 37.6 Å². The van der Waals surface area contributed by atoms with Crippen LogP contribution in [0.2, 0.25) is 0 Å². The number of halogens is 1. The lowest BCUT2D eigenvalue weighted by Crippen LogP contribution is -2.49. The van der Waals surface area contributed by atoms with Crippen LogP contribution in [0.5, 0.6) is 0 Å². The minimum Gasteiger partial charge on any atom is -0.366 e. The van der Waals surface area contributed by atoms with E-state index in [1.165, 1.54) is 16.6 Å². The third-order valence-electron chi connectivity index (χ3n) is 5.30. The highest BCUT2D eigenvalue weighted by molar-refractivity contribution is 7.92. The molecule has 2 aromatic carbocycles. The number of carbonyl (C=O) groups is 1. The summed E-state index contributed by atoms with van der Waals surface area (Å²) in [5.74, 6) is -0.255. The van der Waals surface area contributed by atoms with Gasteiger partial charge in [0.05, 0.1) is 17.6 Å². The fraction of sp³-hybridized carbons (Fsp3) is 0.409. The van der Waals surface area contributed by atoms with Crippen molar-refractivity contribution in [2.45, 2.75) is 19.8 Å². The van der Waals surface area contributed by atoms with Crippen LogP contribution in [-0.2, 0) is 14.8 Å². The molecule has 0 saturated carbocycles. The summed E-state index contributed by atoms with van der Waals surface area (Å²) in [5, 5.41) is 0. The number of benzene rings is 2. The van der Waals surface area contributed by atoms with Gasteiger partial charge in [0, 0.05) is 39.1 Å². The quantitative estimate of drug-likeness (QED) is 0.674. The number of hydrogen-bond donors (Lipinski definition) is 0. The number of para-hydroxylation sites is 1. The number of nitrogens with zero attached hydrogens (tertiary/aromatic N) is 3. The Bertz CT molecular complexity index is 971. The zero-order valence-corrected chi connectivity index (χ0v) is 18.2. The number of hydrogen-bond acceptors (Lipinski definition) is 4. The number of carbonyl (C=O) groups excluding carboxylic acids is 1. The number of aryl methyl sites for hydroxylation is 1. The van der Waals surface area contributed by atoms with Gasteiger partial charge in [0.15, 0.2) is 0 Å². The lowest BCUT2D eigenvalue weighted by Gasteiger charge is -2.36. The monoisotopic (exact) mass is 433 g/mol. The molecule has 1 amide bonds. The highest BCUT2D eigenvalue weighted by atomic mass is 32.2. The zero-order valence-electron chi connectivity index (χ0n) is 17.4. The summed E-state index contributed by atoms with van der Waals surface area (Å²) < 4.78 is 39.7. The van der Waals surface area contributed by atoms with Crippen molar-refractivity contribution in [2.75, 3.05) is 48.2 Å². The molecular weight excluding hydrogens is 405 g/mol. The largest absolute Gasteiger partial charge is 0.366 e. The van der Waals surface area contributed by atoms with Crippen molar-refractivity contribution in [1.29, 1.82) is 0 Å². The molecule has 8 heteroatoms. The Hall–Kier alpha value is -2.61. The second-order valence-electron chi connectivity index (χ2n) is 7.59. The molecule has 1 heterocycles. The predicted molar refractivity (Wildman–Crippen MR) is 118 cm³/mol. The van der Waals surface area contributed by atoms with Crippen molar-refractivity contribution in [2.24, 2.45) is 0 Å². The van der Waals surface area contributed by atoms with E-state index in [1.54, 1.807) is 35.2 Å². The number of rotatable bonds is 7. The molecule has 0 aromatic heterocycles. The molecule has 30 heavy (non-hydrogen) atoms. The average Bonchev–Trinajstić information content (AvgIpc) is 2.72. The Kier molecular flexibility index (Phi) is 6.97. The molecule has 0 aliphatic carbocycles. The molecule has 162 valence electrons. The van der Waals surface area contributed by atoms with Crippen LogP contribution in [0.4, 0.5) is 15.8 Å². The lowest BCUT2D eigenvalue weighted by atomic mass is 10.2. The second kappa shape index (κ2) is 9.47. The van der Waals surface area contributed by atoms with Gasteiger partial charge in [0.2, 0.25) is 15.9 Å². The first-order valence-electron chi connectivity index (χ1n) is 10.1. The van der Waals surface area contributed by atoms with Gasteiger partial charge in [-0.2, -0.15) is 0 Å². The number of piperazine rings is 1. The summed E-state index contributed by atoms with van der Waals surface area (Å²) >= 11 is 0. The van der Waals surface area contributed by atoms with E-state index < -0.39 is 10.0 Å². The van der Waals surface area contributed by atoms with Crippen LogP contribution in [0, 0.1) is 12.7 Å². The molecular formula is C22H28FN3O3S. The zero-order chi connectivity index (χ0) is 21.7. The third-order valence-corrected chi connectivity index (χ3v) is 6.49. The first-order chi connectivity index (χ1) is 14.3. The van der Waals surface area contributed by atoms with Crippen LogP contribution >= 0.6 is 0 Å². The Labute approximate surface area is 177 Å². The molecule has 0 atom stereocenters. The normalized spacial score (nSPS) is 14.6. The Morgan fingerprint density at radius 3 is 2.27 bits per heavy atom. The van der Waals surface area contributed by atoms with Gasteiger partial charge in [-0.15, -0.1) is 0 Å². The van der Waals surface area contributed by atoms with Gasteiger partial charge in [0.25, 0.3) is 0 Å². The molecule has 0 unspecified atom stereocenters. The van der Waals surface area contributed by atoms with E-state index in [0.29, 0.717) is 44.0 Å². The SMILES string of the molecule is Cc1ccc(N(CCCC(=O)N2CCN(c3ccccc3F)CC2)S(C)(=O)=O)cc1. The van der Waals surface area contributed by atoms with Crippen molar-refractivity contribution in [1.82, 2.24) is 4.90 Å². The minimum absolute atomic E-state index is 0.000501. The Balaban J connectivity index is 1.51. The van der Waals surface area contributed by atoms with Gasteiger partial charge in [-0.25, -0.2) is 12.8 Å². The topological polar surface area (TPSA) is 60.9 Å². The molecule has 0 spiro atoms. The van der Waals surface area contributed by atoms with E-state index >= 15 is 0 Å². The van der Waals surface area contributed by atoms with Crippen LogP contribution in [-0.4, -0.2) is 58.2 Å². The maximum Gasteiger partial charge on any atom is 0.232 e. The Morgan fingerprint density at radius 1 is 1.03 bits per heavy atom. The van der Waals surface area contributed by atoms with Crippen molar-refractivity contribution in [3.63, 3.8) is 0 Å². The van der Waals surface area contributed by atoms with Crippen LogP contribution in [0.3, 0.4) is 0 Å². The molecule has 0 bridgehead atoms. The van der Waals surface area contributed by atoms with E-state index in [2.05, 4.69) is 0 Å². The fourth-order valence-corrected chi connectivity index (χ4v) is 4.60. The summed E-state index contributed by atoms with van der Waals surface area (Å²) in [6.45, 7) is 4.40. The summed E-state index contributed by atoms with van der Waals surface area (Å²) in [4.78, 5) is 16.3. The van der Waals surface area contributed by atoms with E-state index in [1.807, 2.05) is 24.0 Å². The molecule has 1 saturated heterocycles. The lowest BCUT2D eigenvalue weighted by molar-refractivity contribution is -0.131. The van der Waals surface area contributed by atoms with Gasteiger partial charge in [0.1, 0.15) is 5.82 Å². The van der Waals surface area contributed by atoms with Crippen molar-refractivity contribution < 1.29 is 17.6 Å². The highest BCUT2D eigenvalue weighted by Gasteiger charge is 2.23. The fourth-order valence-electron chi connectivity index (χ4n) is 3.63. The number of anilines is 2. The van der Waals surface area contributed by atoms with Crippen molar-refractivity contribution >= 4 is 27.3 Å². The highest BCUT2D eigenvalue weighted by Crippen LogP contribution is 2.21. The molecule has 0 radical (unpaired) electrons. The van der Waals surface area contributed by atoms with Crippen molar-refractivity contribution in [3.05, 3.63) is 59.9 Å². The molecule has 1 fully saturated rings. The van der Waals surface area contributed by atoms with Crippen LogP contribution < -0.4 is 9.21 Å². The average molecular weight is 434 g/mol. The van der Waals surface area contributed by atoms with E-state index in [-0.39, 0.29) is 24.7 Å². The second-order valence-corrected chi connectivity index (χ2v) is 9.50. The Morgan fingerprint density at radius 2 is 1.67 bits per heavy atom. The van der Waals surface area contributed by atoms with Crippen molar-refractivity contribution in [3.8, 4) is 0 Å². The summed E-state index contributed by atoms with van der Waals surface area (Å²) in [5.41, 5.74) is 2.22. The third kappa shape index (κ3) is 5.50. The van der Waals surface area contributed by atoms with Crippen LogP contribution in [0.15, 0.2) is 48.5 Å². The number of sulfonamides is 1. The number of amides is 1. The van der Waals surface area contributed by atoms with Crippen LogP contribution in [0.1, 0.15) is 18.4 Å². The summed E-state index contributed by atoms with van der Waals surface area (Å²) in [6.07, 6.45) is 1.89. The maximum atomic E-state index is 14.0. The molecule has 1 aliphatic heterocycles. The predicted octanol–water partition coefficient (Wildman–Crippen LogP) is 3.03. The molecule has 2 aromatic rings. The summed E-state index contributed by atoms with van der Waals surface area (Å²) in [6, 6.07) is 13.9.